The molecule has 1 N–H and O–H groups in total. The van der Waals surface area contributed by atoms with Crippen molar-refractivity contribution in [1.29, 1.82) is 0 Å². The number of amides is 1. The van der Waals surface area contributed by atoms with Crippen LogP contribution < -0.4 is 9.80 Å². The molecule has 27 heavy (non-hydrogen) atoms. The summed E-state index contributed by atoms with van der Waals surface area (Å²) in [5.41, 5.74) is 2.06. The first kappa shape index (κ1) is 19.8. The molecule has 3 heterocycles. The highest BCUT2D eigenvalue weighted by atomic mass is 16.5. The van der Waals surface area contributed by atoms with Crippen molar-refractivity contribution < 1.29 is 14.6 Å². The summed E-state index contributed by atoms with van der Waals surface area (Å²) in [6.07, 6.45) is 2.87. The fraction of sp³-hybridized carbons (Fsp3) is 0.737. The molecule has 2 aliphatic heterocycles. The molecule has 2 aliphatic rings. The summed E-state index contributed by atoms with van der Waals surface area (Å²) in [6, 6.07) is 0. The van der Waals surface area contributed by atoms with E-state index in [4.69, 9.17) is 14.7 Å². The number of aliphatic hydroxyl groups is 1. The Balaban J connectivity index is 1.83. The number of carbonyl (C=O) groups is 1. The monoisotopic (exact) mass is 377 g/mol. The summed E-state index contributed by atoms with van der Waals surface area (Å²) in [4.78, 5) is 28.0. The molecule has 0 spiro atoms. The molecule has 150 valence electrons. The van der Waals surface area contributed by atoms with E-state index in [1.54, 1.807) is 0 Å². The van der Waals surface area contributed by atoms with Gasteiger partial charge in [-0.3, -0.25) is 4.79 Å². The summed E-state index contributed by atoms with van der Waals surface area (Å²) in [7, 11) is 3.88. The zero-order chi connectivity index (χ0) is 19.4. The molecule has 0 aliphatic carbocycles. The summed E-state index contributed by atoms with van der Waals surface area (Å²) in [6.45, 7) is 5.48. The summed E-state index contributed by atoms with van der Waals surface area (Å²) < 4.78 is 5.43. The first-order chi connectivity index (χ1) is 13.0. The Morgan fingerprint density at radius 2 is 2.00 bits per heavy atom. The molecule has 8 nitrogen and oxygen atoms in total. The topological polar surface area (TPSA) is 82.0 Å². The second-order valence-electron chi connectivity index (χ2n) is 7.50. The van der Waals surface area contributed by atoms with E-state index in [0.717, 1.165) is 55.8 Å². The molecule has 1 aromatic rings. The predicted octanol–water partition coefficient (Wildman–Crippen LogP) is 0.815. The van der Waals surface area contributed by atoms with Gasteiger partial charge in [0.25, 0.3) is 0 Å². The van der Waals surface area contributed by atoms with Crippen molar-refractivity contribution in [2.24, 2.45) is 0 Å². The number of carbonyl (C=O) groups excluding carboxylic acids is 1. The van der Waals surface area contributed by atoms with E-state index in [0.29, 0.717) is 25.6 Å². The van der Waals surface area contributed by atoms with Gasteiger partial charge in [-0.05, 0) is 19.3 Å². The summed E-state index contributed by atoms with van der Waals surface area (Å²) in [5, 5.41) is 9.84. The third-order valence-electron chi connectivity index (χ3n) is 5.12. The molecule has 1 fully saturated rings. The molecule has 8 heteroatoms. The minimum atomic E-state index is -0.235. The quantitative estimate of drug-likeness (QED) is 0.735. The number of piperidine rings is 1. The minimum absolute atomic E-state index is 0.0193. The van der Waals surface area contributed by atoms with E-state index < -0.39 is 0 Å². The molecular formula is C19H31N5O3. The van der Waals surface area contributed by atoms with Gasteiger partial charge >= 0.3 is 0 Å². The SMILES string of the molecule is CCCOCC(=O)N1CCc2nc(N(C)C)nc(N3CCC(O)CC3)c2C1. The fourth-order valence-electron chi connectivity index (χ4n) is 3.53. The van der Waals surface area contributed by atoms with Crippen molar-refractivity contribution in [3.05, 3.63) is 11.3 Å². The van der Waals surface area contributed by atoms with Crippen molar-refractivity contribution in [2.75, 3.05) is 56.7 Å². The number of aromatic nitrogens is 2. The Labute approximate surface area is 161 Å². The number of fused-ring (bicyclic) bond motifs is 1. The van der Waals surface area contributed by atoms with Crippen LogP contribution in [0.1, 0.15) is 37.4 Å². The van der Waals surface area contributed by atoms with Gasteiger partial charge in [0.1, 0.15) is 12.4 Å². The molecule has 0 bridgehead atoms. The van der Waals surface area contributed by atoms with Crippen LogP contribution in [0.3, 0.4) is 0 Å². The van der Waals surface area contributed by atoms with Crippen LogP contribution in [0.4, 0.5) is 11.8 Å². The minimum Gasteiger partial charge on any atom is -0.393 e. The van der Waals surface area contributed by atoms with Crippen LogP contribution in [0.25, 0.3) is 0 Å². The summed E-state index contributed by atoms with van der Waals surface area (Å²) in [5.74, 6) is 1.62. The highest BCUT2D eigenvalue weighted by molar-refractivity contribution is 5.78. The molecule has 1 amide bonds. The Bertz CT molecular complexity index is 659. The van der Waals surface area contributed by atoms with Crippen LogP contribution in [0.5, 0.6) is 0 Å². The Morgan fingerprint density at radius 3 is 2.67 bits per heavy atom. The lowest BCUT2D eigenvalue weighted by atomic mass is 10.0. The Kier molecular flexibility index (Phi) is 6.49. The van der Waals surface area contributed by atoms with Crippen LogP contribution in [0.15, 0.2) is 0 Å². The smallest absolute Gasteiger partial charge is 0.248 e. The number of hydrogen-bond donors (Lipinski definition) is 1. The standard InChI is InChI=1S/C19H31N5O3/c1-4-11-27-13-17(26)24-10-7-16-15(12-24)18(21-19(20-16)22(2)3)23-8-5-14(25)6-9-23/h14,25H,4-13H2,1-3H3. The van der Waals surface area contributed by atoms with Crippen molar-refractivity contribution in [3.8, 4) is 0 Å². The molecule has 1 aromatic heterocycles. The molecule has 0 saturated carbocycles. The average Bonchev–Trinajstić information content (AvgIpc) is 2.67. The molecule has 0 radical (unpaired) electrons. The maximum Gasteiger partial charge on any atom is 0.248 e. The van der Waals surface area contributed by atoms with Gasteiger partial charge in [0.15, 0.2) is 0 Å². The van der Waals surface area contributed by atoms with Crippen LogP contribution in [0.2, 0.25) is 0 Å². The van der Waals surface area contributed by atoms with Gasteiger partial charge in [-0.1, -0.05) is 6.92 Å². The highest BCUT2D eigenvalue weighted by Gasteiger charge is 2.29. The fourth-order valence-corrected chi connectivity index (χ4v) is 3.53. The predicted molar refractivity (Wildman–Crippen MR) is 104 cm³/mol. The second kappa shape index (κ2) is 8.84. The zero-order valence-corrected chi connectivity index (χ0v) is 16.6. The number of aliphatic hydroxyl groups excluding tert-OH is 1. The van der Waals surface area contributed by atoms with Gasteiger partial charge < -0.3 is 24.5 Å². The molecular weight excluding hydrogens is 346 g/mol. The van der Waals surface area contributed by atoms with Gasteiger partial charge in [0.2, 0.25) is 11.9 Å². The van der Waals surface area contributed by atoms with Crippen LogP contribution in [0, 0.1) is 0 Å². The van der Waals surface area contributed by atoms with Crippen molar-refractivity contribution in [3.63, 3.8) is 0 Å². The van der Waals surface area contributed by atoms with Crippen LogP contribution in [-0.2, 0) is 22.5 Å². The number of anilines is 2. The van der Waals surface area contributed by atoms with Crippen LogP contribution >= 0.6 is 0 Å². The zero-order valence-electron chi connectivity index (χ0n) is 16.6. The maximum absolute atomic E-state index is 12.5. The second-order valence-corrected chi connectivity index (χ2v) is 7.50. The first-order valence-corrected chi connectivity index (χ1v) is 9.85. The molecule has 0 unspecified atom stereocenters. The van der Waals surface area contributed by atoms with E-state index in [-0.39, 0.29) is 18.6 Å². The molecule has 1 saturated heterocycles. The molecule has 0 aromatic carbocycles. The lowest BCUT2D eigenvalue weighted by Crippen LogP contribution is -2.42. The lowest BCUT2D eigenvalue weighted by Gasteiger charge is -2.36. The highest BCUT2D eigenvalue weighted by Crippen LogP contribution is 2.30. The van der Waals surface area contributed by atoms with Crippen molar-refractivity contribution in [1.82, 2.24) is 14.9 Å². The molecule has 0 atom stereocenters. The average molecular weight is 377 g/mol. The van der Waals surface area contributed by atoms with Crippen molar-refractivity contribution in [2.45, 2.75) is 45.3 Å². The Morgan fingerprint density at radius 1 is 1.26 bits per heavy atom. The van der Waals surface area contributed by atoms with E-state index >= 15 is 0 Å². The van der Waals surface area contributed by atoms with E-state index in [2.05, 4.69) is 4.90 Å². The number of hydrogen-bond acceptors (Lipinski definition) is 7. The summed E-state index contributed by atoms with van der Waals surface area (Å²) >= 11 is 0. The number of rotatable bonds is 6. The lowest BCUT2D eigenvalue weighted by molar-refractivity contribution is -0.137. The normalized spacial score (nSPS) is 17.8. The van der Waals surface area contributed by atoms with Gasteiger partial charge in [-0.25, -0.2) is 4.98 Å². The van der Waals surface area contributed by atoms with Gasteiger partial charge in [-0.2, -0.15) is 4.98 Å². The van der Waals surface area contributed by atoms with Crippen LogP contribution in [-0.4, -0.2) is 78.9 Å². The Hall–Kier alpha value is -1.93. The van der Waals surface area contributed by atoms with Crippen molar-refractivity contribution >= 4 is 17.7 Å². The first-order valence-electron chi connectivity index (χ1n) is 9.85. The van der Waals surface area contributed by atoms with Gasteiger partial charge in [0, 0.05) is 52.3 Å². The van der Waals surface area contributed by atoms with Gasteiger partial charge in [-0.15, -0.1) is 0 Å². The molecule has 3 rings (SSSR count). The number of ether oxygens (including phenoxy) is 1. The van der Waals surface area contributed by atoms with Gasteiger partial charge in [0.05, 0.1) is 18.3 Å². The van der Waals surface area contributed by atoms with E-state index in [9.17, 15) is 9.90 Å². The number of nitrogens with zero attached hydrogens (tertiary/aromatic N) is 5. The van der Waals surface area contributed by atoms with E-state index in [1.807, 2.05) is 30.8 Å². The van der Waals surface area contributed by atoms with E-state index in [1.165, 1.54) is 0 Å². The third kappa shape index (κ3) is 4.68. The third-order valence-corrected chi connectivity index (χ3v) is 5.12. The maximum atomic E-state index is 12.5. The largest absolute Gasteiger partial charge is 0.393 e.